The lowest BCUT2D eigenvalue weighted by Crippen LogP contribution is -2.52. The first-order valence-electron chi connectivity index (χ1n) is 8.55. The van der Waals surface area contributed by atoms with Gasteiger partial charge in [-0.1, -0.05) is 48.2 Å². The predicted molar refractivity (Wildman–Crippen MR) is 103 cm³/mol. The molecule has 2 heterocycles. The number of fused-ring (bicyclic) bond motifs is 1. The molecule has 2 aliphatic rings. The first-order valence-corrected chi connectivity index (χ1v) is 9.43. The number of ether oxygens (including phenoxy) is 1. The Bertz CT molecular complexity index is 858. The summed E-state index contributed by atoms with van der Waals surface area (Å²) >= 11 is 1.31. The fraction of sp³-hybridized carbons (Fsp3) is 0.250. The predicted octanol–water partition coefficient (Wildman–Crippen LogP) is 2.84. The molecule has 1 aromatic carbocycles. The molecule has 1 fully saturated rings. The number of β-lactam (4-membered cyclic amide) rings is 1. The van der Waals surface area contributed by atoms with Gasteiger partial charge in [-0.2, -0.15) is 0 Å². The van der Waals surface area contributed by atoms with E-state index in [0.717, 1.165) is 10.5 Å². The van der Waals surface area contributed by atoms with Crippen LogP contribution in [0.15, 0.2) is 64.2 Å². The van der Waals surface area contributed by atoms with Gasteiger partial charge in [-0.3, -0.25) is 14.5 Å². The Morgan fingerprint density at radius 2 is 2.07 bits per heavy atom. The van der Waals surface area contributed by atoms with Crippen LogP contribution < -0.4 is 5.32 Å². The lowest BCUT2D eigenvalue weighted by Gasteiger charge is -2.38. The lowest BCUT2D eigenvalue weighted by atomic mass is 9.94. The van der Waals surface area contributed by atoms with Crippen molar-refractivity contribution in [2.75, 3.05) is 0 Å². The number of thioether (sulfide) groups is 1. The summed E-state index contributed by atoms with van der Waals surface area (Å²) in [6.45, 7) is 3.38. The zero-order valence-electron chi connectivity index (χ0n) is 15.1. The largest absolute Gasteiger partial charge is 0.456 e. The first-order chi connectivity index (χ1) is 13.0. The molecule has 27 heavy (non-hydrogen) atoms. The maximum Gasteiger partial charge on any atom is 0.356 e. The van der Waals surface area contributed by atoms with Crippen LogP contribution in [-0.4, -0.2) is 28.7 Å². The summed E-state index contributed by atoms with van der Waals surface area (Å²) in [6.07, 6.45) is 3.87. The summed E-state index contributed by atoms with van der Waals surface area (Å²) in [6, 6.07) is 9.27. The van der Waals surface area contributed by atoms with Gasteiger partial charge in [0.2, 0.25) is 5.91 Å². The number of esters is 1. The average Bonchev–Trinajstić information content (AvgIpc) is 2.99. The van der Waals surface area contributed by atoms with E-state index in [1.54, 1.807) is 11.5 Å². The molecular formula is C20H20N2O4S. The monoisotopic (exact) mass is 384 g/mol. The number of rotatable bonds is 6. The van der Waals surface area contributed by atoms with Crippen molar-refractivity contribution in [1.29, 1.82) is 0 Å². The van der Waals surface area contributed by atoms with Gasteiger partial charge in [-0.25, -0.2) is 4.79 Å². The molecule has 0 unspecified atom stereocenters. The van der Waals surface area contributed by atoms with Crippen molar-refractivity contribution < 1.29 is 19.1 Å². The minimum Gasteiger partial charge on any atom is -0.456 e. The van der Waals surface area contributed by atoms with Gasteiger partial charge < -0.3 is 10.1 Å². The topological polar surface area (TPSA) is 75.7 Å². The summed E-state index contributed by atoms with van der Waals surface area (Å²) in [4.78, 5) is 38.3. The van der Waals surface area contributed by atoms with E-state index in [1.165, 1.54) is 29.8 Å². The van der Waals surface area contributed by atoms with E-state index in [1.807, 2.05) is 37.3 Å². The number of hydrogen-bond donors (Lipinski definition) is 1. The number of amides is 2. The van der Waals surface area contributed by atoms with Crippen LogP contribution in [0.1, 0.15) is 25.8 Å². The molecule has 7 heteroatoms. The molecule has 0 aromatic heterocycles. The number of carbonyl (C=O) groups is 3. The molecular weight excluding hydrogens is 364 g/mol. The van der Waals surface area contributed by atoms with Crippen molar-refractivity contribution in [2.45, 2.75) is 32.9 Å². The van der Waals surface area contributed by atoms with Crippen molar-refractivity contribution in [1.82, 2.24) is 10.2 Å². The van der Waals surface area contributed by atoms with Crippen molar-refractivity contribution >= 4 is 29.5 Å². The smallest absolute Gasteiger partial charge is 0.356 e. The summed E-state index contributed by atoms with van der Waals surface area (Å²) in [7, 11) is 0. The second-order valence-electron chi connectivity index (χ2n) is 6.09. The third kappa shape index (κ3) is 3.98. The fourth-order valence-corrected chi connectivity index (χ4v) is 3.90. The third-order valence-electron chi connectivity index (χ3n) is 4.30. The van der Waals surface area contributed by atoms with Crippen LogP contribution in [0.2, 0.25) is 0 Å². The average molecular weight is 384 g/mol. The SMILES string of the molecule is C/C=C1\C(=O)N2C(C(=O)OCc3ccccc3)=C(S/C=C/NC(C)=O)C[C@H]12. The molecule has 3 rings (SSSR count). The van der Waals surface area contributed by atoms with Gasteiger partial charge in [-0.15, -0.1) is 0 Å². The molecule has 0 bridgehead atoms. The maximum absolute atomic E-state index is 12.7. The number of benzene rings is 1. The highest BCUT2D eigenvalue weighted by atomic mass is 32.2. The molecule has 2 aliphatic heterocycles. The van der Waals surface area contributed by atoms with Gasteiger partial charge in [-0.05, 0) is 17.9 Å². The number of nitrogens with one attached hydrogen (secondary N) is 1. The maximum atomic E-state index is 12.7. The summed E-state index contributed by atoms with van der Waals surface area (Å²) in [5, 5.41) is 4.24. The summed E-state index contributed by atoms with van der Waals surface area (Å²) in [5.41, 5.74) is 1.89. The Morgan fingerprint density at radius 1 is 1.33 bits per heavy atom. The van der Waals surface area contributed by atoms with Gasteiger partial charge in [0.15, 0.2) is 0 Å². The number of nitrogens with zero attached hydrogens (tertiary/aromatic N) is 1. The normalized spacial score (nSPS) is 20.1. The van der Waals surface area contributed by atoms with Crippen molar-refractivity contribution in [3.05, 3.63) is 69.8 Å². The van der Waals surface area contributed by atoms with Crippen LogP contribution in [-0.2, 0) is 25.7 Å². The summed E-state index contributed by atoms with van der Waals surface area (Å²) < 4.78 is 5.44. The van der Waals surface area contributed by atoms with Gasteiger partial charge in [0.1, 0.15) is 12.3 Å². The molecule has 2 amide bonds. The van der Waals surface area contributed by atoms with E-state index in [-0.39, 0.29) is 24.5 Å². The molecule has 1 saturated heterocycles. The van der Waals surface area contributed by atoms with Crippen LogP contribution in [0.25, 0.3) is 0 Å². The minimum absolute atomic E-state index is 0.113. The van der Waals surface area contributed by atoms with E-state index in [4.69, 9.17) is 4.74 Å². The molecule has 0 saturated carbocycles. The van der Waals surface area contributed by atoms with Gasteiger partial charge in [0.25, 0.3) is 5.91 Å². The van der Waals surface area contributed by atoms with Gasteiger partial charge >= 0.3 is 5.97 Å². The molecule has 140 valence electrons. The quantitative estimate of drug-likeness (QED) is 0.464. The van der Waals surface area contributed by atoms with Crippen LogP contribution in [0.4, 0.5) is 0 Å². The highest BCUT2D eigenvalue weighted by Gasteiger charge is 2.51. The molecule has 0 spiro atoms. The highest BCUT2D eigenvalue weighted by Crippen LogP contribution is 2.46. The van der Waals surface area contributed by atoms with E-state index >= 15 is 0 Å². The van der Waals surface area contributed by atoms with Crippen LogP contribution in [0.5, 0.6) is 0 Å². The zero-order chi connectivity index (χ0) is 19.4. The number of allylic oxidation sites excluding steroid dienone is 1. The molecule has 6 nitrogen and oxygen atoms in total. The Morgan fingerprint density at radius 3 is 2.74 bits per heavy atom. The van der Waals surface area contributed by atoms with E-state index in [0.29, 0.717) is 17.7 Å². The molecule has 0 radical (unpaired) electrons. The lowest BCUT2D eigenvalue weighted by molar-refractivity contribution is -0.147. The van der Waals surface area contributed by atoms with E-state index in [9.17, 15) is 14.4 Å². The fourth-order valence-electron chi connectivity index (χ4n) is 3.05. The molecule has 1 N–H and O–H groups in total. The molecule has 1 atom stereocenters. The first kappa shape index (κ1) is 19.0. The zero-order valence-corrected chi connectivity index (χ0v) is 15.9. The number of hydrogen-bond acceptors (Lipinski definition) is 5. The van der Waals surface area contributed by atoms with Crippen LogP contribution >= 0.6 is 11.8 Å². The summed E-state index contributed by atoms with van der Waals surface area (Å²) in [5.74, 6) is -0.846. The third-order valence-corrected chi connectivity index (χ3v) is 5.22. The van der Waals surface area contributed by atoms with Crippen LogP contribution in [0.3, 0.4) is 0 Å². The van der Waals surface area contributed by atoms with E-state index in [2.05, 4.69) is 5.32 Å². The Balaban J connectivity index is 1.76. The van der Waals surface area contributed by atoms with Crippen molar-refractivity contribution in [3.8, 4) is 0 Å². The second kappa shape index (κ2) is 8.26. The van der Waals surface area contributed by atoms with Crippen molar-refractivity contribution in [2.24, 2.45) is 0 Å². The van der Waals surface area contributed by atoms with Crippen LogP contribution in [0, 0.1) is 0 Å². The van der Waals surface area contributed by atoms with Gasteiger partial charge in [0.05, 0.1) is 6.04 Å². The minimum atomic E-state index is -0.514. The van der Waals surface area contributed by atoms with Gasteiger partial charge in [0, 0.05) is 30.0 Å². The molecule has 0 aliphatic carbocycles. The van der Waals surface area contributed by atoms with Crippen molar-refractivity contribution in [3.63, 3.8) is 0 Å². The Kier molecular flexibility index (Phi) is 5.81. The van der Waals surface area contributed by atoms with E-state index < -0.39 is 5.97 Å². The highest BCUT2D eigenvalue weighted by molar-refractivity contribution is 8.05. The second-order valence-corrected chi connectivity index (χ2v) is 7.09. The Hall–Kier alpha value is -2.80. The molecule has 1 aromatic rings. The standard InChI is InChI=1S/C20H20N2O4S/c1-3-15-16-11-17(27-10-9-21-13(2)23)18(22(16)19(15)24)20(25)26-12-14-7-5-4-6-8-14/h3-10,16H,11-12H2,1-2H3,(H,21,23)/b10-9+,15-3-/t16-/m1/s1. The number of carbonyl (C=O) groups excluding carboxylic acids is 3. The Labute approximate surface area is 161 Å².